The van der Waals surface area contributed by atoms with Crippen LogP contribution in [0.15, 0.2) is 11.6 Å². The summed E-state index contributed by atoms with van der Waals surface area (Å²) in [5.41, 5.74) is -2.75. The molecule has 10 atom stereocenters. The topological polar surface area (TPSA) is 116 Å². The lowest BCUT2D eigenvalue weighted by atomic mass is 9.45. The summed E-state index contributed by atoms with van der Waals surface area (Å²) in [6.45, 7) is 14.1. The molecule has 7 nitrogen and oxygen atoms in total. The van der Waals surface area contributed by atoms with Crippen LogP contribution in [0, 0.1) is 28.6 Å². The SMILES string of the molecule is CC(C)(O)CCC1OC(C)(C)OC1(C)C1CCC2C3=CC(=O)C4(O)CC(O)C(O)CC4(C)C3CCC21C. The molecular formula is C30H48O7. The third kappa shape index (κ3) is 4.02. The van der Waals surface area contributed by atoms with Gasteiger partial charge < -0.3 is 29.9 Å². The summed E-state index contributed by atoms with van der Waals surface area (Å²) in [5.74, 6) is -0.651. The van der Waals surface area contributed by atoms with Crippen LogP contribution in [-0.2, 0) is 14.3 Å². The zero-order chi connectivity index (χ0) is 27.4. The Balaban J connectivity index is 1.48. The molecule has 0 aromatic rings. The van der Waals surface area contributed by atoms with E-state index in [9.17, 15) is 25.2 Å². The standard InChI is InChI=1S/C30H48O7/c1-25(2,34)12-11-24-29(7,37-26(3,4)36-24)22-9-8-18-17-14-23(33)30(35)16-21(32)20(31)15-28(30,6)19(17)10-13-27(18,22)5/h14,18-22,24,31-32,34-35H,8-13,15-16H2,1-7H3. The number of allylic oxidation sites excluding steroid dienone is 1. The number of fused-ring (bicyclic) bond motifs is 5. The molecule has 4 fully saturated rings. The number of aliphatic hydroxyl groups is 4. The molecule has 37 heavy (non-hydrogen) atoms. The minimum atomic E-state index is -1.65. The molecule has 4 aliphatic carbocycles. The van der Waals surface area contributed by atoms with Crippen molar-refractivity contribution >= 4 is 5.78 Å². The first-order chi connectivity index (χ1) is 16.9. The Morgan fingerprint density at radius 1 is 1.00 bits per heavy atom. The second kappa shape index (κ2) is 8.34. The minimum Gasteiger partial charge on any atom is -0.390 e. The highest BCUT2D eigenvalue weighted by molar-refractivity contribution is 5.99. The smallest absolute Gasteiger partial charge is 0.187 e. The van der Waals surface area contributed by atoms with Crippen LogP contribution in [0.3, 0.4) is 0 Å². The van der Waals surface area contributed by atoms with Crippen LogP contribution in [-0.4, -0.2) is 67.1 Å². The summed E-state index contributed by atoms with van der Waals surface area (Å²) in [6, 6.07) is 0. The maximum absolute atomic E-state index is 13.5. The predicted octanol–water partition coefficient (Wildman–Crippen LogP) is 3.65. The molecule has 0 spiro atoms. The van der Waals surface area contributed by atoms with Crippen LogP contribution >= 0.6 is 0 Å². The molecule has 0 bridgehead atoms. The van der Waals surface area contributed by atoms with Gasteiger partial charge >= 0.3 is 0 Å². The first-order valence-electron chi connectivity index (χ1n) is 14.3. The number of rotatable bonds is 4. The van der Waals surface area contributed by atoms with Gasteiger partial charge in [0, 0.05) is 11.8 Å². The van der Waals surface area contributed by atoms with E-state index in [0.29, 0.717) is 12.8 Å². The molecule has 4 N–H and O–H groups in total. The summed E-state index contributed by atoms with van der Waals surface area (Å²) in [6.07, 6.45) is 4.58. The van der Waals surface area contributed by atoms with Crippen molar-refractivity contribution in [2.24, 2.45) is 28.6 Å². The third-order valence-electron chi connectivity index (χ3n) is 11.4. The Labute approximate surface area is 221 Å². The summed E-state index contributed by atoms with van der Waals surface area (Å²) >= 11 is 0. The predicted molar refractivity (Wildman–Crippen MR) is 138 cm³/mol. The van der Waals surface area contributed by atoms with Crippen LogP contribution in [0.2, 0.25) is 0 Å². The third-order valence-corrected chi connectivity index (χ3v) is 11.4. The molecule has 0 aromatic carbocycles. The average molecular weight is 521 g/mol. The number of ketones is 1. The molecule has 0 amide bonds. The molecule has 1 saturated heterocycles. The van der Waals surface area contributed by atoms with Gasteiger partial charge in [-0.15, -0.1) is 0 Å². The maximum atomic E-state index is 13.5. The fourth-order valence-electron chi connectivity index (χ4n) is 9.52. The fraction of sp³-hybridized carbons (Fsp3) is 0.900. The molecular weight excluding hydrogens is 472 g/mol. The largest absolute Gasteiger partial charge is 0.390 e. The van der Waals surface area contributed by atoms with Gasteiger partial charge in [0.1, 0.15) is 5.60 Å². The van der Waals surface area contributed by atoms with Gasteiger partial charge in [-0.25, -0.2) is 0 Å². The lowest BCUT2D eigenvalue weighted by Gasteiger charge is -2.61. The van der Waals surface area contributed by atoms with Crippen molar-refractivity contribution in [1.29, 1.82) is 0 Å². The monoisotopic (exact) mass is 520 g/mol. The maximum Gasteiger partial charge on any atom is 0.187 e. The zero-order valence-electron chi connectivity index (χ0n) is 23.7. The lowest BCUT2D eigenvalue weighted by molar-refractivity contribution is -0.202. The van der Waals surface area contributed by atoms with Gasteiger partial charge in [-0.3, -0.25) is 4.79 Å². The molecule has 3 saturated carbocycles. The van der Waals surface area contributed by atoms with Gasteiger partial charge in [-0.1, -0.05) is 19.4 Å². The molecule has 5 rings (SSSR count). The Hall–Kier alpha value is -0.830. The van der Waals surface area contributed by atoms with Gasteiger partial charge in [0.2, 0.25) is 0 Å². The van der Waals surface area contributed by atoms with Crippen molar-refractivity contribution in [2.75, 3.05) is 0 Å². The number of ether oxygens (including phenoxy) is 2. The molecule has 0 radical (unpaired) electrons. The number of carbonyl (C=O) groups is 1. The molecule has 1 heterocycles. The van der Waals surface area contributed by atoms with E-state index in [1.807, 2.05) is 34.6 Å². The highest BCUT2D eigenvalue weighted by Crippen LogP contribution is 2.68. The van der Waals surface area contributed by atoms with Crippen molar-refractivity contribution in [1.82, 2.24) is 0 Å². The van der Waals surface area contributed by atoms with Crippen molar-refractivity contribution in [3.63, 3.8) is 0 Å². The summed E-state index contributed by atoms with van der Waals surface area (Å²) in [4.78, 5) is 13.5. The van der Waals surface area contributed by atoms with Gasteiger partial charge in [-0.2, -0.15) is 0 Å². The van der Waals surface area contributed by atoms with E-state index in [-0.39, 0.29) is 47.9 Å². The van der Waals surface area contributed by atoms with E-state index in [0.717, 1.165) is 31.3 Å². The number of aliphatic hydroxyl groups excluding tert-OH is 2. The summed E-state index contributed by atoms with van der Waals surface area (Å²) in [7, 11) is 0. The Morgan fingerprint density at radius 3 is 2.30 bits per heavy atom. The lowest BCUT2D eigenvalue weighted by Crippen LogP contribution is -2.66. The van der Waals surface area contributed by atoms with E-state index in [1.54, 1.807) is 6.08 Å². The molecule has 7 heteroatoms. The van der Waals surface area contributed by atoms with E-state index in [2.05, 4.69) is 13.8 Å². The quantitative estimate of drug-likeness (QED) is 0.447. The Bertz CT molecular complexity index is 983. The summed E-state index contributed by atoms with van der Waals surface area (Å²) < 4.78 is 13.2. The summed E-state index contributed by atoms with van der Waals surface area (Å²) in [5, 5.41) is 42.9. The Kier molecular flexibility index (Phi) is 6.25. The van der Waals surface area contributed by atoms with Crippen molar-refractivity contribution in [3.8, 4) is 0 Å². The van der Waals surface area contributed by atoms with Crippen molar-refractivity contribution in [2.45, 2.75) is 141 Å². The average Bonchev–Trinajstić information content (AvgIpc) is 3.23. The van der Waals surface area contributed by atoms with Gasteiger partial charge in [0.15, 0.2) is 11.6 Å². The second-order valence-corrected chi connectivity index (χ2v) is 14.8. The highest BCUT2D eigenvalue weighted by Gasteiger charge is 2.69. The second-order valence-electron chi connectivity index (χ2n) is 14.8. The van der Waals surface area contributed by atoms with Gasteiger partial charge in [0.25, 0.3) is 0 Å². The number of hydrogen-bond donors (Lipinski definition) is 4. The minimum absolute atomic E-state index is 0.00912. The molecule has 5 aliphatic rings. The van der Waals surface area contributed by atoms with E-state index in [1.165, 1.54) is 0 Å². The molecule has 1 aliphatic heterocycles. The number of hydrogen-bond acceptors (Lipinski definition) is 7. The Morgan fingerprint density at radius 2 is 1.65 bits per heavy atom. The van der Waals surface area contributed by atoms with E-state index in [4.69, 9.17) is 9.47 Å². The van der Waals surface area contributed by atoms with Crippen molar-refractivity contribution in [3.05, 3.63) is 11.6 Å². The molecule has 210 valence electrons. The van der Waals surface area contributed by atoms with Crippen LogP contribution in [0.5, 0.6) is 0 Å². The van der Waals surface area contributed by atoms with Crippen LogP contribution in [0.4, 0.5) is 0 Å². The van der Waals surface area contributed by atoms with Crippen LogP contribution in [0.1, 0.15) is 99.8 Å². The van der Waals surface area contributed by atoms with Crippen molar-refractivity contribution < 1.29 is 34.7 Å². The van der Waals surface area contributed by atoms with E-state index < -0.39 is 40.2 Å². The normalized spacial score (nSPS) is 51.3. The first-order valence-corrected chi connectivity index (χ1v) is 14.3. The van der Waals surface area contributed by atoms with Crippen LogP contribution in [0.25, 0.3) is 0 Å². The van der Waals surface area contributed by atoms with Gasteiger partial charge in [0.05, 0.1) is 29.5 Å². The van der Waals surface area contributed by atoms with Gasteiger partial charge in [-0.05, 0) is 109 Å². The highest BCUT2D eigenvalue weighted by atomic mass is 16.8. The zero-order valence-corrected chi connectivity index (χ0v) is 23.7. The molecule has 0 aromatic heterocycles. The van der Waals surface area contributed by atoms with Crippen LogP contribution < -0.4 is 0 Å². The first kappa shape index (κ1) is 27.7. The number of carbonyl (C=O) groups excluding carboxylic acids is 1. The van der Waals surface area contributed by atoms with E-state index >= 15 is 0 Å². The molecule has 10 unspecified atom stereocenters. The fourth-order valence-corrected chi connectivity index (χ4v) is 9.52.